The van der Waals surface area contributed by atoms with Gasteiger partial charge in [0, 0.05) is 16.1 Å². The van der Waals surface area contributed by atoms with E-state index in [1.165, 1.54) is 29.2 Å². The molecule has 0 saturated heterocycles. The fourth-order valence-corrected chi connectivity index (χ4v) is 3.89. The monoisotopic (exact) mass is 495 g/mol. The van der Waals surface area contributed by atoms with E-state index in [2.05, 4.69) is 20.8 Å². The lowest BCUT2D eigenvalue weighted by Gasteiger charge is -2.11. The molecule has 11 heteroatoms. The van der Waals surface area contributed by atoms with Gasteiger partial charge in [-0.05, 0) is 46.1 Å². The number of nitrogens with one attached hydrogen (secondary N) is 1. The summed E-state index contributed by atoms with van der Waals surface area (Å²) in [6, 6.07) is 17.7. The molecule has 4 aromatic rings. The van der Waals surface area contributed by atoms with E-state index in [0.29, 0.717) is 27.8 Å². The summed E-state index contributed by atoms with van der Waals surface area (Å²) < 4.78 is 11.7. The summed E-state index contributed by atoms with van der Waals surface area (Å²) in [6.07, 6.45) is 1.61. The van der Waals surface area contributed by atoms with Crippen LogP contribution in [0.5, 0.6) is 5.75 Å². The molecular weight excluding hydrogens is 478 g/mol. The van der Waals surface area contributed by atoms with Gasteiger partial charge in [-0.3, -0.25) is 4.79 Å². The molecule has 0 aliphatic heterocycles. The van der Waals surface area contributed by atoms with E-state index in [-0.39, 0.29) is 5.70 Å². The quantitative estimate of drug-likeness (QED) is 0.287. The third-order valence-electron chi connectivity index (χ3n) is 4.53. The van der Waals surface area contributed by atoms with Crippen LogP contribution in [0.3, 0.4) is 0 Å². The van der Waals surface area contributed by atoms with Crippen LogP contribution in [0.2, 0.25) is 5.02 Å². The Morgan fingerprint density at radius 1 is 1.15 bits per heavy atom. The second kappa shape index (κ2) is 10.7. The zero-order valence-electron chi connectivity index (χ0n) is 17.8. The number of halogens is 1. The second-order valence-corrected chi connectivity index (χ2v) is 8.19. The molecule has 1 N–H and O–H groups in total. The number of hydrogen-bond acceptors (Lipinski definition) is 8. The number of ether oxygens (including phenoxy) is 2. The molecule has 0 aliphatic rings. The predicted molar refractivity (Wildman–Crippen MR) is 129 cm³/mol. The summed E-state index contributed by atoms with van der Waals surface area (Å²) in [5.74, 6) is -0.464. The molecule has 9 nitrogen and oxygen atoms in total. The lowest BCUT2D eigenvalue weighted by molar-refractivity contribution is -0.141. The number of amides is 1. The Balaban J connectivity index is 1.52. The fourth-order valence-electron chi connectivity index (χ4n) is 2.98. The number of carbonyl (C=O) groups is 2. The molecule has 0 unspecified atom stereocenters. The number of aromatic nitrogens is 4. The van der Waals surface area contributed by atoms with Crippen LogP contribution in [0.1, 0.15) is 4.88 Å². The summed E-state index contributed by atoms with van der Waals surface area (Å²) in [7, 11) is 1.49. The van der Waals surface area contributed by atoms with Crippen molar-refractivity contribution in [2.45, 2.75) is 0 Å². The Morgan fingerprint density at radius 2 is 1.97 bits per heavy atom. The summed E-state index contributed by atoms with van der Waals surface area (Å²) in [6.45, 7) is -0.521. The minimum atomic E-state index is -0.763. The highest BCUT2D eigenvalue weighted by molar-refractivity contribution is 7.10. The normalized spacial score (nSPS) is 11.2. The van der Waals surface area contributed by atoms with Crippen molar-refractivity contribution in [1.82, 2.24) is 20.2 Å². The van der Waals surface area contributed by atoms with Crippen molar-refractivity contribution in [1.29, 1.82) is 0 Å². The van der Waals surface area contributed by atoms with Crippen molar-refractivity contribution in [2.24, 2.45) is 0 Å². The van der Waals surface area contributed by atoms with Crippen LogP contribution in [0.25, 0.3) is 23.2 Å². The molecule has 0 aliphatic carbocycles. The smallest absolute Gasteiger partial charge is 0.357 e. The van der Waals surface area contributed by atoms with E-state index in [4.69, 9.17) is 21.1 Å². The average Bonchev–Trinajstić information content (AvgIpc) is 3.54. The van der Waals surface area contributed by atoms with Gasteiger partial charge in [0.15, 0.2) is 18.1 Å². The average molecular weight is 496 g/mol. The van der Waals surface area contributed by atoms with Crippen LogP contribution in [0.4, 0.5) is 5.69 Å². The first-order valence-electron chi connectivity index (χ1n) is 9.95. The Hall–Kier alpha value is -4.02. The highest BCUT2D eigenvalue weighted by Crippen LogP contribution is 2.27. The zero-order chi connectivity index (χ0) is 23.9. The van der Waals surface area contributed by atoms with Crippen LogP contribution in [-0.4, -0.2) is 45.8 Å². The van der Waals surface area contributed by atoms with Crippen molar-refractivity contribution < 1.29 is 19.1 Å². The molecule has 0 radical (unpaired) electrons. The van der Waals surface area contributed by atoms with E-state index in [9.17, 15) is 9.59 Å². The highest BCUT2D eigenvalue weighted by Gasteiger charge is 2.21. The summed E-state index contributed by atoms with van der Waals surface area (Å²) >= 11 is 7.51. The summed E-state index contributed by atoms with van der Waals surface area (Å²) in [5.41, 5.74) is 1.21. The SMILES string of the molecule is COc1ccc(NC(=O)COC(=O)/C(=C/c2cccs2)n2nnnc2-c2ccccc2)cc1Cl. The molecule has 0 saturated carbocycles. The third-order valence-corrected chi connectivity index (χ3v) is 5.65. The van der Waals surface area contributed by atoms with Gasteiger partial charge in [-0.1, -0.05) is 48.0 Å². The van der Waals surface area contributed by atoms with E-state index >= 15 is 0 Å². The topological polar surface area (TPSA) is 108 Å². The zero-order valence-corrected chi connectivity index (χ0v) is 19.4. The minimum absolute atomic E-state index is 0.0617. The number of tetrazole rings is 1. The van der Waals surface area contributed by atoms with E-state index in [1.54, 1.807) is 18.2 Å². The first-order valence-corrected chi connectivity index (χ1v) is 11.2. The fraction of sp³-hybridized carbons (Fsp3) is 0.0870. The number of anilines is 1. The lowest BCUT2D eigenvalue weighted by atomic mass is 10.2. The lowest BCUT2D eigenvalue weighted by Crippen LogP contribution is -2.23. The van der Waals surface area contributed by atoms with Crippen LogP contribution < -0.4 is 10.1 Å². The van der Waals surface area contributed by atoms with Crippen LogP contribution in [-0.2, 0) is 14.3 Å². The van der Waals surface area contributed by atoms with E-state index < -0.39 is 18.5 Å². The maximum Gasteiger partial charge on any atom is 0.357 e. The molecule has 0 fully saturated rings. The van der Waals surface area contributed by atoms with Crippen molar-refractivity contribution in [2.75, 3.05) is 19.0 Å². The Morgan fingerprint density at radius 3 is 2.68 bits per heavy atom. The van der Waals surface area contributed by atoms with Gasteiger partial charge in [0.1, 0.15) is 5.75 Å². The summed E-state index contributed by atoms with van der Waals surface area (Å²) in [4.78, 5) is 26.2. The van der Waals surface area contributed by atoms with Gasteiger partial charge in [-0.25, -0.2) is 4.79 Å². The molecule has 172 valence electrons. The largest absolute Gasteiger partial charge is 0.495 e. The van der Waals surface area contributed by atoms with Gasteiger partial charge in [0.25, 0.3) is 5.91 Å². The van der Waals surface area contributed by atoms with Gasteiger partial charge in [0.2, 0.25) is 0 Å². The number of nitrogens with zero attached hydrogens (tertiary/aromatic N) is 4. The van der Waals surface area contributed by atoms with Crippen LogP contribution in [0.15, 0.2) is 66.0 Å². The number of thiophene rings is 1. The van der Waals surface area contributed by atoms with Crippen LogP contribution in [0, 0.1) is 0 Å². The van der Waals surface area contributed by atoms with Crippen molar-refractivity contribution in [3.8, 4) is 17.1 Å². The molecule has 0 spiro atoms. The molecule has 2 heterocycles. The first-order chi connectivity index (χ1) is 16.5. The number of benzene rings is 2. The molecule has 4 rings (SSSR count). The van der Waals surface area contributed by atoms with Crippen molar-refractivity contribution in [3.05, 3.63) is 75.9 Å². The van der Waals surface area contributed by atoms with Gasteiger partial charge in [-0.15, -0.1) is 16.4 Å². The molecule has 0 atom stereocenters. The van der Waals surface area contributed by atoms with Gasteiger partial charge in [-0.2, -0.15) is 4.68 Å². The Labute approximate surface area is 203 Å². The maximum atomic E-state index is 13.0. The van der Waals surface area contributed by atoms with E-state index in [0.717, 1.165) is 4.88 Å². The molecule has 34 heavy (non-hydrogen) atoms. The van der Waals surface area contributed by atoms with Gasteiger partial charge in [0.05, 0.1) is 12.1 Å². The first kappa shape index (κ1) is 23.1. The Kier molecular flexibility index (Phi) is 7.31. The second-order valence-electron chi connectivity index (χ2n) is 6.80. The standard InChI is InChI=1S/C23H18ClN5O4S/c1-32-20-10-9-16(12-18(20)24)25-21(30)14-33-23(31)19(13-17-8-5-11-34-17)29-22(26-27-28-29)15-6-3-2-4-7-15/h2-13H,14H2,1H3,(H,25,30)/b19-13-. The number of rotatable bonds is 8. The predicted octanol–water partition coefficient (Wildman–Crippen LogP) is 4.24. The molecule has 1 amide bonds. The number of carbonyl (C=O) groups excluding carboxylic acids is 2. The summed E-state index contributed by atoms with van der Waals surface area (Å²) in [5, 5.41) is 16.6. The molecule has 2 aromatic heterocycles. The maximum absolute atomic E-state index is 13.0. The molecular formula is C23H18ClN5O4S. The number of methoxy groups -OCH3 is 1. The third kappa shape index (κ3) is 5.48. The number of esters is 1. The minimum Gasteiger partial charge on any atom is -0.495 e. The molecule has 0 bridgehead atoms. The van der Waals surface area contributed by atoms with Gasteiger partial charge < -0.3 is 14.8 Å². The van der Waals surface area contributed by atoms with E-state index in [1.807, 2.05) is 47.8 Å². The number of hydrogen-bond donors (Lipinski definition) is 1. The Bertz CT molecular complexity index is 1320. The van der Waals surface area contributed by atoms with Gasteiger partial charge >= 0.3 is 5.97 Å². The van der Waals surface area contributed by atoms with Crippen LogP contribution >= 0.6 is 22.9 Å². The van der Waals surface area contributed by atoms with Crippen molar-refractivity contribution in [3.63, 3.8) is 0 Å². The van der Waals surface area contributed by atoms with Crippen molar-refractivity contribution >= 4 is 52.3 Å². The highest BCUT2D eigenvalue weighted by atomic mass is 35.5. The molecule has 2 aromatic carbocycles.